The van der Waals surface area contributed by atoms with Gasteiger partial charge in [-0.15, -0.1) is 21.5 Å². The van der Waals surface area contributed by atoms with Gasteiger partial charge in [-0.1, -0.05) is 17.7 Å². The predicted molar refractivity (Wildman–Crippen MR) is 123 cm³/mol. The molecule has 164 valence electrons. The number of aryl methyl sites for hydroxylation is 3. The molecule has 2 aromatic carbocycles. The largest absolute Gasteiger partial charge is 0.274 e. The zero-order valence-electron chi connectivity index (χ0n) is 17.9. The van der Waals surface area contributed by atoms with Gasteiger partial charge in [0.2, 0.25) is 11.7 Å². The van der Waals surface area contributed by atoms with Gasteiger partial charge in [0.15, 0.2) is 5.13 Å². The van der Waals surface area contributed by atoms with E-state index in [0.29, 0.717) is 38.5 Å². The molecule has 0 bridgehead atoms. The second-order valence-corrected chi connectivity index (χ2v) is 8.74. The minimum Gasteiger partial charge on any atom is -0.274 e. The van der Waals surface area contributed by atoms with Gasteiger partial charge in [-0.25, -0.2) is 9.37 Å². The molecule has 2 aromatic heterocycles. The van der Waals surface area contributed by atoms with Crippen molar-refractivity contribution in [3.05, 3.63) is 68.9 Å². The lowest BCUT2D eigenvalue weighted by atomic mass is 10.1. The molecule has 4 aromatic rings. The van der Waals surface area contributed by atoms with Gasteiger partial charge in [-0.3, -0.25) is 9.69 Å². The van der Waals surface area contributed by atoms with Crippen molar-refractivity contribution in [1.82, 2.24) is 25.2 Å². The standard InChI is InChI=1S/C22H20ClFN6OS/c1-12-7-14(3)20(18(23)8-12)30(15(4)31)22-25-17(11-32-22)10-29-27-21(26-28-29)16-5-6-19(24)13(2)9-16/h5-9,11H,10H2,1-4H3. The highest BCUT2D eigenvalue weighted by Gasteiger charge is 2.23. The smallest absolute Gasteiger partial charge is 0.230 e. The van der Waals surface area contributed by atoms with Crippen molar-refractivity contribution >= 4 is 39.7 Å². The molecule has 7 nitrogen and oxygen atoms in total. The van der Waals surface area contributed by atoms with Gasteiger partial charge in [0.1, 0.15) is 12.4 Å². The number of aromatic nitrogens is 5. The molecule has 0 unspecified atom stereocenters. The molecule has 0 aliphatic carbocycles. The highest BCUT2D eigenvalue weighted by Crippen LogP contribution is 2.37. The Hall–Kier alpha value is -3.17. The van der Waals surface area contributed by atoms with Crippen molar-refractivity contribution in [2.24, 2.45) is 0 Å². The monoisotopic (exact) mass is 470 g/mol. The fourth-order valence-corrected chi connectivity index (χ4v) is 4.67. The maximum absolute atomic E-state index is 13.5. The van der Waals surface area contributed by atoms with Crippen LogP contribution in [0, 0.1) is 26.6 Å². The van der Waals surface area contributed by atoms with E-state index in [4.69, 9.17) is 11.6 Å². The van der Waals surface area contributed by atoms with Crippen LogP contribution in [-0.2, 0) is 11.3 Å². The van der Waals surface area contributed by atoms with Gasteiger partial charge < -0.3 is 0 Å². The first-order valence-electron chi connectivity index (χ1n) is 9.79. The lowest BCUT2D eigenvalue weighted by molar-refractivity contribution is -0.115. The van der Waals surface area contributed by atoms with Crippen molar-refractivity contribution in [2.75, 3.05) is 4.90 Å². The first-order chi connectivity index (χ1) is 15.2. The first-order valence-corrected chi connectivity index (χ1v) is 11.0. The second-order valence-electron chi connectivity index (χ2n) is 7.50. The summed E-state index contributed by atoms with van der Waals surface area (Å²) < 4.78 is 13.5. The zero-order chi connectivity index (χ0) is 23.0. The van der Waals surface area contributed by atoms with E-state index in [1.54, 1.807) is 19.1 Å². The number of amides is 1. The molecule has 0 spiro atoms. The fourth-order valence-electron chi connectivity index (χ4n) is 3.41. The van der Waals surface area contributed by atoms with Crippen LogP contribution in [0.2, 0.25) is 5.02 Å². The molecule has 4 rings (SSSR count). The molecule has 10 heteroatoms. The third-order valence-electron chi connectivity index (χ3n) is 4.84. The third-order valence-corrected chi connectivity index (χ3v) is 6.00. The van der Waals surface area contributed by atoms with Gasteiger partial charge in [0, 0.05) is 17.9 Å². The fraction of sp³-hybridized carbons (Fsp3) is 0.227. The van der Waals surface area contributed by atoms with E-state index in [9.17, 15) is 9.18 Å². The number of hydrogen-bond donors (Lipinski definition) is 0. The van der Waals surface area contributed by atoms with Crippen LogP contribution < -0.4 is 4.90 Å². The van der Waals surface area contributed by atoms with Gasteiger partial charge in [-0.2, -0.15) is 4.80 Å². The lowest BCUT2D eigenvalue weighted by Gasteiger charge is -2.22. The molecular weight excluding hydrogens is 451 g/mol. The number of carbonyl (C=O) groups is 1. The van der Waals surface area contributed by atoms with Crippen LogP contribution in [0.5, 0.6) is 0 Å². The Balaban J connectivity index is 1.59. The third kappa shape index (κ3) is 4.39. The van der Waals surface area contributed by atoms with E-state index in [-0.39, 0.29) is 18.3 Å². The summed E-state index contributed by atoms with van der Waals surface area (Å²) in [6.07, 6.45) is 0. The number of benzene rings is 2. The van der Waals surface area contributed by atoms with E-state index >= 15 is 0 Å². The van der Waals surface area contributed by atoms with Crippen LogP contribution >= 0.6 is 22.9 Å². The van der Waals surface area contributed by atoms with E-state index in [1.165, 1.54) is 34.0 Å². The van der Waals surface area contributed by atoms with Crippen LogP contribution in [0.1, 0.15) is 29.3 Å². The highest BCUT2D eigenvalue weighted by atomic mass is 35.5. The summed E-state index contributed by atoms with van der Waals surface area (Å²) in [4.78, 5) is 20.0. The predicted octanol–water partition coefficient (Wildman–Crippen LogP) is 5.25. The van der Waals surface area contributed by atoms with Gasteiger partial charge in [0.05, 0.1) is 16.4 Å². The van der Waals surface area contributed by atoms with Crippen LogP contribution in [-0.4, -0.2) is 31.1 Å². The Morgan fingerprint density at radius 3 is 2.66 bits per heavy atom. The topological polar surface area (TPSA) is 76.8 Å². The second kappa shape index (κ2) is 8.76. The number of hydrogen-bond acceptors (Lipinski definition) is 6. The average molecular weight is 471 g/mol. The summed E-state index contributed by atoms with van der Waals surface area (Å²) in [5.74, 6) is -0.0707. The molecule has 0 N–H and O–H groups in total. The Morgan fingerprint density at radius 1 is 1.19 bits per heavy atom. The Morgan fingerprint density at radius 2 is 1.97 bits per heavy atom. The molecule has 0 radical (unpaired) electrons. The first kappa shape index (κ1) is 22.0. The number of tetrazole rings is 1. The van der Waals surface area contributed by atoms with Crippen molar-refractivity contribution in [3.63, 3.8) is 0 Å². The van der Waals surface area contributed by atoms with Crippen LogP contribution in [0.15, 0.2) is 35.7 Å². The molecular formula is C22H20ClFN6OS. The summed E-state index contributed by atoms with van der Waals surface area (Å²) in [7, 11) is 0. The molecule has 0 saturated carbocycles. The van der Waals surface area contributed by atoms with E-state index in [0.717, 1.165) is 11.1 Å². The van der Waals surface area contributed by atoms with E-state index in [1.807, 2.05) is 31.4 Å². The molecule has 0 aliphatic heterocycles. The molecule has 1 amide bonds. The highest BCUT2D eigenvalue weighted by molar-refractivity contribution is 7.14. The molecule has 0 aliphatic rings. The van der Waals surface area contributed by atoms with Crippen LogP contribution in [0.3, 0.4) is 0 Å². The zero-order valence-corrected chi connectivity index (χ0v) is 19.5. The summed E-state index contributed by atoms with van der Waals surface area (Å²) >= 11 is 7.80. The normalized spacial score (nSPS) is 11.1. The summed E-state index contributed by atoms with van der Waals surface area (Å²) in [6, 6.07) is 8.47. The summed E-state index contributed by atoms with van der Waals surface area (Å²) in [6.45, 7) is 7.30. The molecule has 0 saturated heterocycles. The van der Waals surface area contributed by atoms with E-state index < -0.39 is 0 Å². The Labute approximate surface area is 193 Å². The number of halogens is 2. The molecule has 0 atom stereocenters. The van der Waals surface area contributed by atoms with Crippen molar-refractivity contribution in [3.8, 4) is 11.4 Å². The molecule has 32 heavy (non-hydrogen) atoms. The maximum atomic E-state index is 13.5. The number of nitrogens with zero attached hydrogens (tertiary/aromatic N) is 6. The van der Waals surface area contributed by atoms with Gasteiger partial charge in [-0.05, 0) is 66.9 Å². The quantitative estimate of drug-likeness (QED) is 0.398. The number of thiazole rings is 1. The summed E-state index contributed by atoms with van der Waals surface area (Å²) in [5.41, 5.74) is 4.40. The minimum atomic E-state index is -0.282. The lowest BCUT2D eigenvalue weighted by Crippen LogP contribution is -2.24. The SMILES string of the molecule is CC(=O)N(c1nc(Cn2nnc(-c3ccc(F)c(C)c3)n2)cs1)c1c(C)cc(C)cc1Cl. The molecule has 2 heterocycles. The van der Waals surface area contributed by atoms with Gasteiger partial charge in [0.25, 0.3) is 0 Å². The van der Waals surface area contributed by atoms with Crippen LogP contribution in [0.25, 0.3) is 11.4 Å². The Bertz CT molecular complexity index is 1290. The average Bonchev–Trinajstić information content (AvgIpc) is 3.36. The van der Waals surface area contributed by atoms with Gasteiger partial charge >= 0.3 is 0 Å². The van der Waals surface area contributed by atoms with Crippen LogP contribution in [0.4, 0.5) is 15.2 Å². The summed E-state index contributed by atoms with van der Waals surface area (Å²) in [5, 5.41) is 15.3. The number of rotatable bonds is 5. The van der Waals surface area contributed by atoms with Crippen molar-refractivity contribution in [2.45, 2.75) is 34.2 Å². The van der Waals surface area contributed by atoms with Crippen molar-refractivity contribution < 1.29 is 9.18 Å². The number of carbonyl (C=O) groups excluding carboxylic acids is 1. The van der Waals surface area contributed by atoms with E-state index in [2.05, 4.69) is 20.4 Å². The Kier molecular flexibility index (Phi) is 6.03. The molecule has 0 fully saturated rings. The number of anilines is 2. The van der Waals surface area contributed by atoms with Crippen molar-refractivity contribution in [1.29, 1.82) is 0 Å². The maximum Gasteiger partial charge on any atom is 0.230 e. The minimum absolute atomic E-state index is 0.187.